The maximum Gasteiger partial charge on any atom is 0.179 e. The van der Waals surface area contributed by atoms with E-state index in [4.69, 9.17) is 9.47 Å². The monoisotopic (exact) mass is 304 g/mol. The van der Waals surface area contributed by atoms with Crippen LogP contribution in [0.15, 0.2) is 78.9 Å². The lowest BCUT2D eigenvalue weighted by atomic mass is 10.2. The molecular formula is C20H16O3. The van der Waals surface area contributed by atoms with Crippen molar-refractivity contribution in [2.75, 3.05) is 0 Å². The molecule has 0 heterocycles. The number of hydrogen-bond donors (Lipinski definition) is 0. The molecule has 0 atom stereocenters. The molecule has 0 aromatic heterocycles. The molecule has 3 nitrogen and oxygen atoms in total. The van der Waals surface area contributed by atoms with Crippen molar-refractivity contribution in [3.8, 4) is 17.2 Å². The fourth-order valence-electron chi connectivity index (χ4n) is 2.19. The van der Waals surface area contributed by atoms with Crippen molar-refractivity contribution in [2.24, 2.45) is 0 Å². The third-order valence-corrected chi connectivity index (χ3v) is 3.34. The molecule has 0 spiro atoms. The standard InChI is InChI=1S/C20H16O3/c21-14-17-10-7-13-19(22-15-16-8-3-1-4-9-16)20(17)23-18-11-5-2-6-12-18/h1-14H,15H2. The van der Waals surface area contributed by atoms with Gasteiger partial charge in [0.2, 0.25) is 0 Å². The molecule has 114 valence electrons. The van der Waals surface area contributed by atoms with E-state index in [2.05, 4.69) is 0 Å². The van der Waals surface area contributed by atoms with Crippen molar-refractivity contribution in [2.45, 2.75) is 6.61 Å². The average molecular weight is 304 g/mol. The minimum Gasteiger partial charge on any atom is -0.485 e. The molecule has 0 N–H and O–H groups in total. The van der Waals surface area contributed by atoms with E-state index in [0.29, 0.717) is 29.4 Å². The van der Waals surface area contributed by atoms with Crippen LogP contribution < -0.4 is 9.47 Å². The van der Waals surface area contributed by atoms with E-state index in [-0.39, 0.29) is 0 Å². The third kappa shape index (κ3) is 3.77. The summed E-state index contributed by atoms with van der Waals surface area (Å²) >= 11 is 0. The van der Waals surface area contributed by atoms with E-state index in [0.717, 1.165) is 11.8 Å². The van der Waals surface area contributed by atoms with Gasteiger partial charge >= 0.3 is 0 Å². The van der Waals surface area contributed by atoms with Gasteiger partial charge in [0.1, 0.15) is 12.4 Å². The highest BCUT2D eigenvalue weighted by Gasteiger charge is 2.12. The third-order valence-electron chi connectivity index (χ3n) is 3.34. The Labute approximate surface area is 135 Å². The molecule has 0 aliphatic rings. The van der Waals surface area contributed by atoms with E-state index < -0.39 is 0 Å². The SMILES string of the molecule is O=Cc1cccc(OCc2ccccc2)c1Oc1ccccc1. The number of para-hydroxylation sites is 2. The molecular weight excluding hydrogens is 288 g/mol. The second-order valence-corrected chi connectivity index (χ2v) is 4.98. The summed E-state index contributed by atoms with van der Waals surface area (Å²) < 4.78 is 11.7. The van der Waals surface area contributed by atoms with E-state index in [1.54, 1.807) is 18.2 Å². The lowest BCUT2D eigenvalue weighted by Gasteiger charge is -2.14. The van der Waals surface area contributed by atoms with Crippen LogP contribution in [0.3, 0.4) is 0 Å². The maximum atomic E-state index is 11.3. The zero-order chi connectivity index (χ0) is 15.9. The summed E-state index contributed by atoms with van der Waals surface area (Å²) in [4.78, 5) is 11.3. The van der Waals surface area contributed by atoms with Gasteiger partial charge in [-0.3, -0.25) is 4.79 Å². The zero-order valence-electron chi connectivity index (χ0n) is 12.5. The molecule has 0 bridgehead atoms. The van der Waals surface area contributed by atoms with Gasteiger partial charge in [0.25, 0.3) is 0 Å². The van der Waals surface area contributed by atoms with Gasteiger partial charge in [-0.1, -0.05) is 54.6 Å². The number of aldehydes is 1. The number of carbonyl (C=O) groups excluding carboxylic acids is 1. The highest BCUT2D eigenvalue weighted by molar-refractivity contribution is 5.81. The summed E-state index contributed by atoms with van der Waals surface area (Å²) in [5.74, 6) is 1.64. The van der Waals surface area contributed by atoms with E-state index in [9.17, 15) is 4.79 Å². The lowest BCUT2D eigenvalue weighted by Crippen LogP contribution is -1.99. The van der Waals surface area contributed by atoms with E-state index >= 15 is 0 Å². The quantitative estimate of drug-likeness (QED) is 0.609. The Morgan fingerprint density at radius 2 is 1.48 bits per heavy atom. The van der Waals surface area contributed by atoms with Gasteiger partial charge in [0.15, 0.2) is 17.8 Å². The van der Waals surface area contributed by atoms with Crippen LogP contribution in [-0.2, 0) is 6.61 Å². The van der Waals surface area contributed by atoms with Crippen molar-refractivity contribution < 1.29 is 14.3 Å². The predicted molar refractivity (Wildman–Crippen MR) is 89.1 cm³/mol. The topological polar surface area (TPSA) is 35.5 Å². The summed E-state index contributed by atoms with van der Waals surface area (Å²) in [5, 5.41) is 0. The summed E-state index contributed by atoms with van der Waals surface area (Å²) in [7, 11) is 0. The van der Waals surface area contributed by atoms with Crippen molar-refractivity contribution in [3.63, 3.8) is 0 Å². The fourth-order valence-corrected chi connectivity index (χ4v) is 2.19. The smallest absolute Gasteiger partial charge is 0.179 e. The first-order valence-electron chi connectivity index (χ1n) is 7.34. The highest BCUT2D eigenvalue weighted by Crippen LogP contribution is 2.34. The van der Waals surface area contributed by atoms with E-state index in [1.807, 2.05) is 60.7 Å². The van der Waals surface area contributed by atoms with Crippen LogP contribution in [0, 0.1) is 0 Å². The highest BCUT2D eigenvalue weighted by atomic mass is 16.5. The Morgan fingerprint density at radius 3 is 2.17 bits per heavy atom. The second-order valence-electron chi connectivity index (χ2n) is 4.98. The molecule has 3 heteroatoms. The molecule has 3 aromatic rings. The molecule has 0 aliphatic heterocycles. The first kappa shape index (κ1) is 14.9. The molecule has 0 saturated carbocycles. The van der Waals surface area contributed by atoms with Gasteiger partial charge in [-0.15, -0.1) is 0 Å². The summed E-state index contributed by atoms with van der Waals surface area (Å²) in [6.45, 7) is 0.411. The number of hydrogen-bond acceptors (Lipinski definition) is 3. The van der Waals surface area contributed by atoms with E-state index in [1.165, 1.54) is 0 Å². The second kappa shape index (κ2) is 7.27. The molecule has 0 unspecified atom stereocenters. The minimum absolute atomic E-state index is 0.411. The van der Waals surface area contributed by atoms with Crippen LogP contribution in [0.4, 0.5) is 0 Å². The Bertz CT molecular complexity index is 767. The van der Waals surface area contributed by atoms with Gasteiger partial charge in [-0.05, 0) is 29.8 Å². The van der Waals surface area contributed by atoms with Crippen LogP contribution in [0.2, 0.25) is 0 Å². The minimum atomic E-state index is 0.411. The normalized spacial score (nSPS) is 10.1. The Morgan fingerprint density at radius 1 is 0.783 bits per heavy atom. The Hall–Kier alpha value is -3.07. The van der Waals surface area contributed by atoms with Crippen LogP contribution in [-0.4, -0.2) is 6.29 Å². The Kier molecular flexibility index (Phi) is 4.69. The summed E-state index contributed by atoms with van der Waals surface area (Å²) in [5.41, 5.74) is 1.51. The van der Waals surface area contributed by atoms with Gasteiger partial charge in [0.05, 0.1) is 5.56 Å². The van der Waals surface area contributed by atoms with Crippen LogP contribution >= 0.6 is 0 Å². The lowest BCUT2D eigenvalue weighted by molar-refractivity contribution is 0.112. The zero-order valence-corrected chi connectivity index (χ0v) is 12.5. The molecule has 23 heavy (non-hydrogen) atoms. The van der Waals surface area contributed by atoms with Crippen LogP contribution in [0.1, 0.15) is 15.9 Å². The van der Waals surface area contributed by atoms with Crippen LogP contribution in [0.25, 0.3) is 0 Å². The predicted octanol–water partition coefficient (Wildman–Crippen LogP) is 4.87. The van der Waals surface area contributed by atoms with Crippen molar-refractivity contribution >= 4 is 6.29 Å². The van der Waals surface area contributed by atoms with Gasteiger partial charge in [-0.25, -0.2) is 0 Å². The molecule has 0 aliphatic carbocycles. The van der Waals surface area contributed by atoms with Crippen molar-refractivity contribution in [3.05, 3.63) is 90.0 Å². The average Bonchev–Trinajstić information content (AvgIpc) is 2.62. The number of rotatable bonds is 6. The number of ether oxygens (including phenoxy) is 2. The number of carbonyl (C=O) groups is 1. The van der Waals surface area contributed by atoms with Crippen molar-refractivity contribution in [1.82, 2.24) is 0 Å². The molecule has 0 fully saturated rings. The Balaban J connectivity index is 1.85. The maximum absolute atomic E-state index is 11.3. The van der Waals surface area contributed by atoms with Crippen molar-refractivity contribution in [1.29, 1.82) is 0 Å². The van der Waals surface area contributed by atoms with Gasteiger partial charge in [0, 0.05) is 0 Å². The largest absolute Gasteiger partial charge is 0.485 e. The van der Waals surface area contributed by atoms with Crippen LogP contribution in [0.5, 0.6) is 17.2 Å². The molecule has 0 saturated heterocycles. The van der Waals surface area contributed by atoms with Gasteiger partial charge < -0.3 is 9.47 Å². The molecule has 3 rings (SSSR count). The molecule has 0 amide bonds. The number of benzene rings is 3. The fraction of sp³-hybridized carbons (Fsp3) is 0.0500. The summed E-state index contributed by atoms with van der Waals surface area (Å²) in [6, 6.07) is 24.5. The first-order chi connectivity index (χ1) is 11.4. The molecule has 3 aromatic carbocycles. The first-order valence-corrected chi connectivity index (χ1v) is 7.34. The van der Waals surface area contributed by atoms with Gasteiger partial charge in [-0.2, -0.15) is 0 Å². The molecule has 0 radical (unpaired) electrons. The summed E-state index contributed by atoms with van der Waals surface area (Å²) in [6.07, 6.45) is 0.771.